The summed E-state index contributed by atoms with van der Waals surface area (Å²) in [5.74, 6) is 0. The lowest BCUT2D eigenvalue weighted by Crippen LogP contribution is -2.02. The van der Waals surface area contributed by atoms with Crippen molar-refractivity contribution in [2.24, 2.45) is 12.0 Å². The molecule has 2 aromatic rings. The van der Waals surface area contributed by atoms with Gasteiger partial charge in [0.05, 0.1) is 10.6 Å². The van der Waals surface area contributed by atoms with Gasteiger partial charge in [-0.05, 0) is 36.6 Å². The Balaban J connectivity index is 2.25. The lowest BCUT2D eigenvalue weighted by atomic mass is 10.0. The molecule has 1 saturated carbocycles. The van der Waals surface area contributed by atoms with Gasteiger partial charge in [0.25, 0.3) is 0 Å². The molecule has 0 saturated heterocycles. The number of aliphatic imine (C=N–C) groups is 1. The van der Waals surface area contributed by atoms with Gasteiger partial charge in [-0.15, -0.1) is 0 Å². The predicted molar refractivity (Wildman–Crippen MR) is 67.0 cm³/mol. The minimum atomic E-state index is -0.357. The van der Waals surface area contributed by atoms with Crippen molar-refractivity contribution in [3.63, 3.8) is 0 Å². The summed E-state index contributed by atoms with van der Waals surface area (Å²) in [7, 11) is 1.98. The fraction of sp³-hybridized carbons (Fsp3) is 0.308. The van der Waals surface area contributed by atoms with Gasteiger partial charge in [-0.1, -0.05) is 11.6 Å². The Morgan fingerprint density at radius 1 is 1.47 bits per heavy atom. The smallest absolute Gasteiger partial charge is 0.235 e. The van der Waals surface area contributed by atoms with Crippen molar-refractivity contribution in [1.82, 2.24) is 4.57 Å². The van der Waals surface area contributed by atoms with Crippen molar-refractivity contribution in [2.75, 3.05) is 0 Å². The zero-order valence-corrected chi connectivity index (χ0v) is 10.2. The van der Waals surface area contributed by atoms with Gasteiger partial charge in [-0.2, -0.15) is 4.99 Å². The van der Waals surface area contributed by atoms with E-state index in [-0.39, 0.29) is 5.54 Å². The molecule has 17 heavy (non-hydrogen) atoms. The molecule has 3 nitrogen and oxygen atoms in total. The minimum Gasteiger partial charge on any atom is -0.350 e. The molecule has 0 aliphatic heterocycles. The first-order valence-corrected chi connectivity index (χ1v) is 5.88. The van der Waals surface area contributed by atoms with Gasteiger partial charge in [0.2, 0.25) is 6.08 Å². The number of aromatic nitrogens is 1. The van der Waals surface area contributed by atoms with E-state index < -0.39 is 0 Å². The normalized spacial score (nSPS) is 16.8. The van der Waals surface area contributed by atoms with Crippen LogP contribution in [0.3, 0.4) is 0 Å². The van der Waals surface area contributed by atoms with E-state index in [0.29, 0.717) is 5.02 Å². The Kier molecular flexibility index (Phi) is 2.15. The van der Waals surface area contributed by atoms with E-state index in [9.17, 15) is 4.79 Å². The van der Waals surface area contributed by atoms with Crippen molar-refractivity contribution in [1.29, 1.82) is 0 Å². The maximum absolute atomic E-state index is 10.5. The van der Waals surface area contributed by atoms with Gasteiger partial charge in [0, 0.05) is 24.1 Å². The molecule has 0 unspecified atom stereocenters. The Morgan fingerprint density at radius 2 is 2.24 bits per heavy atom. The van der Waals surface area contributed by atoms with E-state index in [2.05, 4.69) is 11.1 Å². The SMILES string of the molecule is Cn1ccc2c(Cl)cc(C3(N=C=O)CC3)cc21. The highest BCUT2D eigenvalue weighted by Crippen LogP contribution is 2.50. The topological polar surface area (TPSA) is 34.4 Å². The molecule has 3 rings (SSSR count). The molecule has 4 heteroatoms. The summed E-state index contributed by atoms with van der Waals surface area (Å²) >= 11 is 6.26. The zero-order valence-electron chi connectivity index (χ0n) is 9.40. The molecule has 0 spiro atoms. The molecule has 1 fully saturated rings. The number of hydrogen-bond acceptors (Lipinski definition) is 2. The van der Waals surface area contributed by atoms with Gasteiger partial charge in [0.15, 0.2) is 0 Å². The van der Waals surface area contributed by atoms with Crippen LogP contribution in [0.2, 0.25) is 5.02 Å². The average molecular weight is 247 g/mol. The van der Waals surface area contributed by atoms with E-state index in [4.69, 9.17) is 11.6 Å². The van der Waals surface area contributed by atoms with E-state index >= 15 is 0 Å². The number of carbonyl (C=O) groups excluding carboxylic acids is 1. The summed E-state index contributed by atoms with van der Waals surface area (Å²) in [6.45, 7) is 0. The molecule has 1 aliphatic rings. The summed E-state index contributed by atoms with van der Waals surface area (Å²) < 4.78 is 2.02. The number of benzene rings is 1. The highest BCUT2D eigenvalue weighted by molar-refractivity contribution is 6.35. The fourth-order valence-electron chi connectivity index (χ4n) is 2.27. The third-order valence-electron chi connectivity index (χ3n) is 3.47. The average Bonchev–Trinajstić information content (AvgIpc) is 2.99. The van der Waals surface area contributed by atoms with Crippen LogP contribution in [-0.4, -0.2) is 10.6 Å². The third kappa shape index (κ3) is 1.51. The van der Waals surface area contributed by atoms with Crippen molar-refractivity contribution >= 4 is 28.6 Å². The molecular formula is C13H11ClN2O. The highest BCUT2D eigenvalue weighted by atomic mass is 35.5. The first-order chi connectivity index (χ1) is 8.16. The number of fused-ring (bicyclic) bond motifs is 1. The van der Waals surface area contributed by atoms with Gasteiger partial charge in [-0.25, -0.2) is 4.79 Å². The lowest BCUT2D eigenvalue weighted by Gasteiger charge is -2.10. The van der Waals surface area contributed by atoms with Crippen molar-refractivity contribution < 1.29 is 4.79 Å². The summed E-state index contributed by atoms with van der Waals surface area (Å²) in [5, 5.41) is 1.74. The number of nitrogens with zero attached hydrogens (tertiary/aromatic N) is 2. The van der Waals surface area contributed by atoms with Crippen LogP contribution in [0.4, 0.5) is 0 Å². The van der Waals surface area contributed by atoms with Crippen molar-refractivity contribution in [3.8, 4) is 0 Å². The molecule has 0 N–H and O–H groups in total. The Hall–Kier alpha value is -1.57. The molecule has 1 aromatic heterocycles. The van der Waals surface area contributed by atoms with Gasteiger partial charge >= 0.3 is 0 Å². The summed E-state index contributed by atoms with van der Waals surface area (Å²) in [5.41, 5.74) is 1.73. The van der Waals surface area contributed by atoms with Gasteiger partial charge < -0.3 is 4.57 Å². The second-order valence-electron chi connectivity index (χ2n) is 4.55. The number of isocyanates is 1. The lowest BCUT2D eigenvalue weighted by molar-refractivity contribution is 0.556. The zero-order chi connectivity index (χ0) is 12.0. The van der Waals surface area contributed by atoms with Crippen molar-refractivity contribution in [2.45, 2.75) is 18.4 Å². The summed E-state index contributed by atoms with van der Waals surface area (Å²) in [6, 6.07) is 5.97. The quantitative estimate of drug-likeness (QED) is 0.592. The fourth-order valence-corrected chi connectivity index (χ4v) is 2.54. The van der Waals surface area contributed by atoms with Crippen LogP contribution in [0.25, 0.3) is 10.9 Å². The summed E-state index contributed by atoms with van der Waals surface area (Å²) in [6.07, 6.45) is 5.44. The maximum Gasteiger partial charge on any atom is 0.235 e. The van der Waals surface area contributed by atoms with E-state index in [1.54, 1.807) is 6.08 Å². The van der Waals surface area contributed by atoms with Crippen LogP contribution >= 0.6 is 11.6 Å². The van der Waals surface area contributed by atoms with Crippen LogP contribution in [-0.2, 0) is 17.4 Å². The summed E-state index contributed by atoms with van der Waals surface area (Å²) in [4.78, 5) is 14.4. The molecule has 0 bridgehead atoms. The number of aryl methyl sites for hydroxylation is 1. The van der Waals surface area contributed by atoms with E-state index in [1.807, 2.05) is 29.9 Å². The molecule has 0 amide bonds. The highest BCUT2D eigenvalue weighted by Gasteiger charge is 2.45. The number of rotatable bonds is 2. The standard InChI is InChI=1S/C13H11ClN2O/c1-16-5-2-10-11(14)6-9(7-12(10)16)13(3-4-13)15-8-17/h2,5-7H,3-4H2,1H3. The van der Waals surface area contributed by atoms with E-state index in [1.165, 1.54) is 0 Å². The second kappa shape index (κ2) is 3.46. The first-order valence-electron chi connectivity index (χ1n) is 5.50. The first kappa shape index (κ1) is 10.6. The maximum atomic E-state index is 10.5. The Morgan fingerprint density at radius 3 is 2.88 bits per heavy atom. The molecule has 86 valence electrons. The monoisotopic (exact) mass is 246 g/mol. The molecule has 1 aromatic carbocycles. The van der Waals surface area contributed by atoms with Crippen LogP contribution in [0.5, 0.6) is 0 Å². The third-order valence-corrected chi connectivity index (χ3v) is 3.79. The van der Waals surface area contributed by atoms with Crippen LogP contribution < -0.4 is 0 Å². The largest absolute Gasteiger partial charge is 0.350 e. The van der Waals surface area contributed by atoms with Crippen molar-refractivity contribution in [3.05, 3.63) is 35.0 Å². The Bertz CT molecular complexity index is 649. The molecule has 0 atom stereocenters. The molecule has 1 heterocycles. The molecular weight excluding hydrogens is 236 g/mol. The number of hydrogen-bond donors (Lipinski definition) is 0. The van der Waals surface area contributed by atoms with Crippen LogP contribution in [0, 0.1) is 0 Å². The minimum absolute atomic E-state index is 0.357. The molecule has 0 radical (unpaired) electrons. The Labute approximate surface area is 104 Å². The van der Waals surface area contributed by atoms with Gasteiger partial charge in [-0.3, -0.25) is 0 Å². The van der Waals surface area contributed by atoms with Crippen LogP contribution in [0.1, 0.15) is 18.4 Å². The van der Waals surface area contributed by atoms with Gasteiger partial charge in [0.1, 0.15) is 0 Å². The van der Waals surface area contributed by atoms with E-state index in [0.717, 1.165) is 29.3 Å². The number of halogens is 1. The van der Waals surface area contributed by atoms with Crippen LogP contribution in [0.15, 0.2) is 29.4 Å². The molecule has 1 aliphatic carbocycles. The second-order valence-corrected chi connectivity index (χ2v) is 4.96. The predicted octanol–water partition coefficient (Wildman–Crippen LogP) is 3.16.